The van der Waals surface area contributed by atoms with Crippen LogP contribution in [0.15, 0.2) is 24.3 Å². The van der Waals surface area contributed by atoms with Crippen molar-refractivity contribution in [1.82, 2.24) is 10.6 Å². The quantitative estimate of drug-likeness (QED) is 0.869. The number of hydrogen-bond acceptors (Lipinski definition) is 2. The van der Waals surface area contributed by atoms with Gasteiger partial charge in [-0.05, 0) is 25.5 Å². The Morgan fingerprint density at radius 2 is 2.05 bits per heavy atom. The standard InChI is InChI=1S/C16H24N2O/c1-12-4-6-14(7-5-12)16(2,3)11-18-15(19)13-8-9-17-10-13/h4-7,13,17H,8-11H2,1-3H3,(H,18,19). The van der Waals surface area contributed by atoms with E-state index in [1.165, 1.54) is 11.1 Å². The normalized spacial score (nSPS) is 19.4. The second kappa shape index (κ2) is 5.74. The Morgan fingerprint density at radius 1 is 1.37 bits per heavy atom. The molecule has 1 unspecified atom stereocenters. The average molecular weight is 260 g/mol. The molecular weight excluding hydrogens is 236 g/mol. The van der Waals surface area contributed by atoms with Gasteiger partial charge in [-0.2, -0.15) is 0 Å². The van der Waals surface area contributed by atoms with Gasteiger partial charge in [0, 0.05) is 18.5 Å². The van der Waals surface area contributed by atoms with E-state index in [-0.39, 0.29) is 17.2 Å². The number of rotatable bonds is 4. The molecule has 19 heavy (non-hydrogen) atoms. The third-order valence-electron chi connectivity index (χ3n) is 3.97. The number of amides is 1. The van der Waals surface area contributed by atoms with Crippen LogP contribution >= 0.6 is 0 Å². The lowest BCUT2D eigenvalue weighted by molar-refractivity contribution is -0.124. The van der Waals surface area contributed by atoms with E-state index in [9.17, 15) is 4.79 Å². The first-order valence-corrected chi connectivity index (χ1v) is 7.04. The molecule has 3 nitrogen and oxygen atoms in total. The summed E-state index contributed by atoms with van der Waals surface area (Å²) in [5.41, 5.74) is 2.50. The lowest BCUT2D eigenvalue weighted by atomic mass is 9.84. The molecule has 0 aliphatic carbocycles. The predicted octanol–water partition coefficient (Wildman–Crippen LogP) is 2.00. The molecule has 1 aromatic rings. The van der Waals surface area contributed by atoms with Gasteiger partial charge in [0.1, 0.15) is 0 Å². The Morgan fingerprint density at radius 3 is 2.63 bits per heavy atom. The molecule has 1 saturated heterocycles. The third kappa shape index (κ3) is 3.57. The van der Waals surface area contributed by atoms with E-state index < -0.39 is 0 Å². The zero-order valence-electron chi connectivity index (χ0n) is 12.1. The van der Waals surface area contributed by atoms with Gasteiger partial charge in [0.15, 0.2) is 0 Å². The van der Waals surface area contributed by atoms with Crippen molar-refractivity contribution in [3.63, 3.8) is 0 Å². The highest BCUT2D eigenvalue weighted by molar-refractivity contribution is 5.79. The first-order chi connectivity index (χ1) is 8.99. The molecule has 1 amide bonds. The van der Waals surface area contributed by atoms with Crippen LogP contribution in [0.2, 0.25) is 0 Å². The molecule has 104 valence electrons. The van der Waals surface area contributed by atoms with E-state index in [0.29, 0.717) is 6.54 Å². The molecule has 0 radical (unpaired) electrons. The molecule has 1 heterocycles. The SMILES string of the molecule is Cc1ccc(C(C)(C)CNC(=O)C2CCNC2)cc1. The molecule has 3 heteroatoms. The second-order valence-electron chi connectivity index (χ2n) is 6.16. The van der Waals surface area contributed by atoms with Gasteiger partial charge in [-0.15, -0.1) is 0 Å². The number of benzene rings is 1. The van der Waals surface area contributed by atoms with E-state index in [1.54, 1.807) is 0 Å². The highest BCUT2D eigenvalue weighted by Crippen LogP contribution is 2.22. The number of nitrogens with one attached hydrogen (secondary N) is 2. The molecule has 2 N–H and O–H groups in total. The first kappa shape index (κ1) is 14.1. The maximum atomic E-state index is 12.0. The maximum absolute atomic E-state index is 12.0. The third-order valence-corrected chi connectivity index (χ3v) is 3.97. The monoisotopic (exact) mass is 260 g/mol. The smallest absolute Gasteiger partial charge is 0.224 e. The van der Waals surface area contributed by atoms with E-state index in [1.807, 2.05) is 0 Å². The lowest BCUT2D eigenvalue weighted by Crippen LogP contribution is -2.40. The summed E-state index contributed by atoms with van der Waals surface area (Å²) in [6, 6.07) is 8.55. The Hall–Kier alpha value is -1.35. The minimum absolute atomic E-state index is 0.0323. The van der Waals surface area contributed by atoms with Crippen molar-refractivity contribution in [2.75, 3.05) is 19.6 Å². The zero-order valence-corrected chi connectivity index (χ0v) is 12.1. The summed E-state index contributed by atoms with van der Waals surface area (Å²) in [4.78, 5) is 12.0. The van der Waals surface area contributed by atoms with Gasteiger partial charge in [0.2, 0.25) is 5.91 Å². The molecule has 1 aliphatic heterocycles. The summed E-state index contributed by atoms with van der Waals surface area (Å²) < 4.78 is 0. The van der Waals surface area contributed by atoms with Crippen molar-refractivity contribution in [1.29, 1.82) is 0 Å². The average Bonchev–Trinajstić information content (AvgIpc) is 2.90. The molecule has 0 aromatic heterocycles. The molecule has 0 spiro atoms. The van der Waals surface area contributed by atoms with Crippen molar-refractivity contribution in [3.8, 4) is 0 Å². The van der Waals surface area contributed by atoms with Crippen LogP contribution in [0, 0.1) is 12.8 Å². The fourth-order valence-corrected chi connectivity index (χ4v) is 2.44. The van der Waals surface area contributed by atoms with Crippen molar-refractivity contribution >= 4 is 5.91 Å². The summed E-state index contributed by atoms with van der Waals surface area (Å²) >= 11 is 0. The molecule has 1 atom stereocenters. The van der Waals surface area contributed by atoms with E-state index in [4.69, 9.17) is 0 Å². The lowest BCUT2D eigenvalue weighted by Gasteiger charge is -2.26. The van der Waals surface area contributed by atoms with Gasteiger partial charge in [0.25, 0.3) is 0 Å². The van der Waals surface area contributed by atoms with Gasteiger partial charge in [-0.25, -0.2) is 0 Å². The predicted molar refractivity (Wildman–Crippen MR) is 78.2 cm³/mol. The van der Waals surface area contributed by atoms with Crippen LogP contribution in [-0.2, 0) is 10.2 Å². The highest BCUT2D eigenvalue weighted by Gasteiger charge is 2.26. The first-order valence-electron chi connectivity index (χ1n) is 7.04. The second-order valence-corrected chi connectivity index (χ2v) is 6.16. The number of carbonyl (C=O) groups excluding carboxylic acids is 1. The molecule has 1 fully saturated rings. The molecule has 0 bridgehead atoms. The molecular formula is C16H24N2O. The number of carbonyl (C=O) groups is 1. The van der Waals surface area contributed by atoms with Crippen LogP contribution in [0.25, 0.3) is 0 Å². The molecule has 2 rings (SSSR count). The van der Waals surface area contributed by atoms with Gasteiger partial charge in [0.05, 0.1) is 5.92 Å². The van der Waals surface area contributed by atoms with Gasteiger partial charge >= 0.3 is 0 Å². The summed E-state index contributed by atoms with van der Waals surface area (Å²) in [5.74, 6) is 0.332. The number of aryl methyl sites for hydroxylation is 1. The van der Waals surface area contributed by atoms with Gasteiger partial charge < -0.3 is 10.6 Å². The Balaban J connectivity index is 1.93. The van der Waals surface area contributed by atoms with Crippen molar-refractivity contribution in [3.05, 3.63) is 35.4 Å². The summed E-state index contributed by atoms with van der Waals surface area (Å²) in [5, 5.41) is 6.33. The van der Waals surface area contributed by atoms with Crippen molar-refractivity contribution < 1.29 is 4.79 Å². The van der Waals surface area contributed by atoms with Crippen LogP contribution in [-0.4, -0.2) is 25.5 Å². The van der Waals surface area contributed by atoms with E-state index in [0.717, 1.165) is 19.5 Å². The fourth-order valence-electron chi connectivity index (χ4n) is 2.44. The zero-order chi connectivity index (χ0) is 13.9. The summed E-state index contributed by atoms with van der Waals surface area (Å²) in [7, 11) is 0. The summed E-state index contributed by atoms with van der Waals surface area (Å²) in [6.07, 6.45) is 0.955. The van der Waals surface area contributed by atoms with Gasteiger partial charge in [-0.3, -0.25) is 4.79 Å². The fraction of sp³-hybridized carbons (Fsp3) is 0.562. The van der Waals surface area contributed by atoms with Crippen molar-refractivity contribution in [2.24, 2.45) is 5.92 Å². The van der Waals surface area contributed by atoms with Crippen LogP contribution in [0.3, 0.4) is 0 Å². The van der Waals surface area contributed by atoms with E-state index in [2.05, 4.69) is 55.7 Å². The van der Waals surface area contributed by atoms with Crippen LogP contribution in [0.1, 0.15) is 31.4 Å². The Bertz CT molecular complexity index is 431. The van der Waals surface area contributed by atoms with Crippen LogP contribution < -0.4 is 10.6 Å². The molecule has 1 aliphatic rings. The maximum Gasteiger partial charge on any atom is 0.224 e. The largest absolute Gasteiger partial charge is 0.355 e. The Kier molecular flexibility index (Phi) is 4.25. The van der Waals surface area contributed by atoms with Crippen molar-refractivity contribution in [2.45, 2.75) is 32.6 Å². The van der Waals surface area contributed by atoms with Crippen LogP contribution in [0.4, 0.5) is 0 Å². The molecule has 1 aromatic carbocycles. The minimum atomic E-state index is -0.0323. The van der Waals surface area contributed by atoms with E-state index >= 15 is 0 Å². The number of hydrogen-bond donors (Lipinski definition) is 2. The highest BCUT2D eigenvalue weighted by atomic mass is 16.1. The van der Waals surface area contributed by atoms with Crippen LogP contribution in [0.5, 0.6) is 0 Å². The molecule has 0 saturated carbocycles. The summed E-state index contributed by atoms with van der Waals surface area (Å²) in [6.45, 7) is 8.89. The topological polar surface area (TPSA) is 41.1 Å². The minimum Gasteiger partial charge on any atom is -0.355 e. The van der Waals surface area contributed by atoms with Gasteiger partial charge in [-0.1, -0.05) is 43.7 Å². The Labute approximate surface area is 115 Å².